The number of nitriles is 1. The van der Waals surface area contributed by atoms with Gasteiger partial charge in [-0.15, -0.1) is 0 Å². The predicted molar refractivity (Wildman–Crippen MR) is 47.8 cm³/mol. The molecular formula is C10H6FNO3. The van der Waals surface area contributed by atoms with Crippen LogP contribution in [0.2, 0.25) is 0 Å². The Labute approximate surface area is 84.9 Å². The minimum absolute atomic E-state index is 0.161. The summed E-state index contributed by atoms with van der Waals surface area (Å²) in [6, 6.07) is 3.37. The predicted octanol–water partition coefficient (Wildman–Crippen LogP) is 1.30. The highest BCUT2D eigenvalue weighted by Gasteiger charge is 2.16. The summed E-state index contributed by atoms with van der Waals surface area (Å²) in [5.74, 6) is -1.62. The van der Waals surface area contributed by atoms with Crippen LogP contribution in [0.4, 0.5) is 4.39 Å². The Hall–Kier alpha value is -2.22. The van der Waals surface area contributed by atoms with Crippen LogP contribution in [0, 0.1) is 17.1 Å². The molecule has 0 spiro atoms. The van der Waals surface area contributed by atoms with Gasteiger partial charge in [0.2, 0.25) is 0 Å². The molecule has 0 aliphatic rings. The van der Waals surface area contributed by atoms with E-state index in [0.717, 1.165) is 19.2 Å². The van der Waals surface area contributed by atoms with Gasteiger partial charge in [-0.1, -0.05) is 0 Å². The molecule has 0 aliphatic heterocycles. The third-order valence-corrected chi connectivity index (χ3v) is 1.79. The average molecular weight is 207 g/mol. The Bertz CT molecular complexity index is 462. The second kappa shape index (κ2) is 4.33. The molecule has 4 nitrogen and oxygen atoms in total. The topological polar surface area (TPSA) is 67.2 Å². The molecule has 0 unspecified atom stereocenters. The minimum Gasteiger partial charge on any atom is -0.465 e. The van der Waals surface area contributed by atoms with Crippen molar-refractivity contribution >= 4 is 12.3 Å². The lowest BCUT2D eigenvalue weighted by Crippen LogP contribution is -2.08. The van der Waals surface area contributed by atoms with Crippen molar-refractivity contribution in [3.8, 4) is 6.07 Å². The Morgan fingerprint density at radius 3 is 2.73 bits per heavy atom. The van der Waals surface area contributed by atoms with E-state index in [9.17, 15) is 14.0 Å². The summed E-state index contributed by atoms with van der Waals surface area (Å²) in [6.45, 7) is 0. The molecule has 1 aromatic carbocycles. The standard InChI is InChI=1S/C10H6FNO3/c1-15-10(14)8-3-7(11)2-6(4-12)9(8)5-13/h2-3,5H,1H3. The molecule has 0 atom stereocenters. The first-order valence-electron chi connectivity index (χ1n) is 3.91. The SMILES string of the molecule is COC(=O)c1cc(F)cc(C#N)c1C=O. The Morgan fingerprint density at radius 1 is 1.60 bits per heavy atom. The van der Waals surface area contributed by atoms with Crippen LogP contribution in [0.1, 0.15) is 26.3 Å². The lowest BCUT2D eigenvalue weighted by atomic mass is 10.0. The smallest absolute Gasteiger partial charge is 0.338 e. The molecule has 0 bridgehead atoms. The zero-order valence-electron chi connectivity index (χ0n) is 7.78. The molecule has 0 aromatic heterocycles. The first-order valence-corrected chi connectivity index (χ1v) is 3.91. The highest BCUT2D eigenvalue weighted by Crippen LogP contribution is 2.15. The van der Waals surface area contributed by atoms with E-state index in [4.69, 9.17) is 5.26 Å². The molecule has 0 N–H and O–H groups in total. The zero-order valence-corrected chi connectivity index (χ0v) is 7.78. The fourth-order valence-electron chi connectivity index (χ4n) is 1.12. The maximum Gasteiger partial charge on any atom is 0.338 e. The van der Waals surface area contributed by atoms with E-state index < -0.39 is 11.8 Å². The molecule has 5 heteroatoms. The second-order valence-electron chi connectivity index (χ2n) is 2.64. The van der Waals surface area contributed by atoms with Gasteiger partial charge in [0.25, 0.3) is 0 Å². The fourth-order valence-corrected chi connectivity index (χ4v) is 1.12. The van der Waals surface area contributed by atoms with Gasteiger partial charge in [-0.3, -0.25) is 4.79 Å². The summed E-state index contributed by atoms with van der Waals surface area (Å²) in [4.78, 5) is 21.8. The summed E-state index contributed by atoms with van der Waals surface area (Å²) in [7, 11) is 1.11. The summed E-state index contributed by atoms with van der Waals surface area (Å²) >= 11 is 0. The van der Waals surface area contributed by atoms with Gasteiger partial charge in [-0.25, -0.2) is 9.18 Å². The largest absolute Gasteiger partial charge is 0.465 e. The average Bonchev–Trinajstić information content (AvgIpc) is 2.26. The molecule has 1 aromatic rings. The number of aldehydes is 1. The number of nitrogens with zero attached hydrogens (tertiary/aromatic N) is 1. The fraction of sp³-hybridized carbons (Fsp3) is 0.100. The van der Waals surface area contributed by atoms with Crippen LogP contribution >= 0.6 is 0 Å². The van der Waals surface area contributed by atoms with Crippen LogP contribution in [0.5, 0.6) is 0 Å². The summed E-state index contributed by atoms with van der Waals surface area (Å²) in [6.07, 6.45) is 0.324. The van der Waals surface area contributed by atoms with Crippen LogP contribution in [0.15, 0.2) is 12.1 Å². The molecule has 0 saturated heterocycles. The van der Waals surface area contributed by atoms with Crippen LogP contribution < -0.4 is 0 Å². The Morgan fingerprint density at radius 2 is 2.27 bits per heavy atom. The first-order chi connectivity index (χ1) is 7.13. The molecule has 0 heterocycles. The number of benzene rings is 1. The van der Waals surface area contributed by atoms with Gasteiger partial charge in [-0.2, -0.15) is 5.26 Å². The minimum atomic E-state index is -0.854. The van der Waals surface area contributed by atoms with Gasteiger partial charge in [0, 0.05) is 5.56 Å². The highest BCUT2D eigenvalue weighted by molar-refractivity contribution is 5.99. The summed E-state index contributed by atoms with van der Waals surface area (Å²) < 4.78 is 17.3. The first kappa shape index (κ1) is 10.9. The van der Waals surface area contributed by atoms with Gasteiger partial charge in [0.05, 0.1) is 18.2 Å². The van der Waals surface area contributed by atoms with Gasteiger partial charge >= 0.3 is 5.97 Å². The number of halogens is 1. The number of rotatable bonds is 2. The van der Waals surface area contributed by atoms with E-state index in [0.29, 0.717) is 6.29 Å². The maximum absolute atomic E-state index is 13.0. The van der Waals surface area contributed by atoms with Crippen molar-refractivity contribution in [1.82, 2.24) is 0 Å². The molecule has 0 amide bonds. The third kappa shape index (κ3) is 1.99. The summed E-state index contributed by atoms with van der Waals surface area (Å²) in [5, 5.41) is 8.63. The van der Waals surface area contributed by atoms with Crippen LogP contribution in [0.3, 0.4) is 0 Å². The number of esters is 1. The lowest BCUT2D eigenvalue weighted by Gasteiger charge is -2.04. The number of carbonyl (C=O) groups excluding carboxylic acids is 2. The van der Waals surface area contributed by atoms with Gasteiger partial charge in [0.1, 0.15) is 11.9 Å². The van der Waals surface area contributed by atoms with Crippen molar-refractivity contribution in [2.24, 2.45) is 0 Å². The maximum atomic E-state index is 13.0. The van der Waals surface area contributed by atoms with Crippen LogP contribution in [-0.2, 0) is 4.74 Å². The summed E-state index contributed by atoms with van der Waals surface area (Å²) in [5.41, 5.74) is -0.597. The quantitative estimate of drug-likeness (QED) is 0.541. The van der Waals surface area contributed by atoms with E-state index in [1.807, 2.05) is 0 Å². The molecular weight excluding hydrogens is 201 g/mol. The third-order valence-electron chi connectivity index (χ3n) is 1.79. The van der Waals surface area contributed by atoms with E-state index in [1.54, 1.807) is 6.07 Å². The molecule has 0 radical (unpaired) electrons. The van der Waals surface area contributed by atoms with E-state index in [1.165, 1.54) is 0 Å². The van der Waals surface area contributed by atoms with Crippen molar-refractivity contribution in [3.05, 3.63) is 34.6 Å². The van der Waals surface area contributed by atoms with Crippen molar-refractivity contribution in [2.75, 3.05) is 7.11 Å². The normalized spacial score (nSPS) is 9.13. The van der Waals surface area contributed by atoms with Crippen LogP contribution in [-0.4, -0.2) is 19.4 Å². The lowest BCUT2D eigenvalue weighted by molar-refractivity contribution is 0.0597. The van der Waals surface area contributed by atoms with Crippen molar-refractivity contribution in [3.63, 3.8) is 0 Å². The molecule has 15 heavy (non-hydrogen) atoms. The van der Waals surface area contributed by atoms with E-state index >= 15 is 0 Å². The van der Waals surface area contributed by atoms with Crippen molar-refractivity contribution < 1.29 is 18.7 Å². The van der Waals surface area contributed by atoms with E-state index in [2.05, 4.69) is 4.74 Å². The van der Waals surface area contributed by atoms with Gasteiger partial charge in [0.15, 0.2) is 6.29 Å². The Balaban J connectivity index is 3.50. The Kier molecular flexibility index (Phi) is 3.13. The number of hydrogen-bond donors (Lipinski definition) is 0. The van der Waals surface area contributed by atoms with Crippen molar-refractivity contribution in [1.29, 1.82) is 5.26 Å². The highest BCUT2D eigenvalue weighted by atomic mass is 19.1. The molecule has 0 fully saturated rings. The van der Waals surface area contributed by atoms with Crippen molar-refractivity contribution in [2.45, 2.75) is 0 Å². The molecule has 1 rings (SSSR count). The number of hydrogen-bond acceptors (Lipinski definition) is 4. The van der Waals surface area contributed by atoms with Gasteiger partial charge < -0.3 is 4.74 Å². The van der Waals surface area contributed by atoms with Gasteiger partial charge in [-0.05, 0) is 12.1 Å². The molecule has 0 aliphatic carbocycles. The van der Waals surface area contributed by atoms with Crippen LogP contribution in [0.25, 0.3) is 0 Å². The second-order valence-corrected chi connectivity index (χ2v) is 2.64. The number of methoxy groups -OCH3 is 1. The molecule has 0 saturated carbocycles. The number of ether oxygens (including phenoxy) is 1. The molecule has 76 valence electrons. The zero-order chi connectivity index (χ0) is 11.4. The number of carbonyl (C=O) groups is 2. The monoisotopic (exact) mass is 207 g/mol. The van der Waals surface area contributed by atoms with E-state index in [-0.39, 0.29) is 16.7 Å².